The number of carbonyl (C=O) groups excluding carboxylic acids is 2. The van der Waals surface area contributed by atoms with Crippen molar-refractivity contribution < 1.29 is 38.4 Å². The van der Waals surface area contributed by atoms with E-state index < -0.39 is 29.1 Å². The van der Waals surface area contributed by atoms with E-state index in [2.05, 4.69) is 15.3 Å². The van der Waals surface area contributed by atoms with Crippen LogP contribution in [0.25, 0.3) is 10.9 Å². The molecule has 0 fully saturated rings. The summed E-state index contributed by atoms with van der Waals surface area (Å²) in [5.74, 6) is -1.92. The Morgan fingerprint density at radius 1 is 1.10 bits per heavy atom. The second-order valence-electron chi connectivity index (χ2n) is 9.50. The molecule has 0 bridgehead atoms. The van der Waals surface area contributed by atoms with Crippen molar-refractivity contribution in [2.45, 2.75) is 25.7 Å². The van der Waals surface area contributed by atoms with Crippen molar-refractivity contribution in [3.63, 3.8) is 0 Å². The summed E-state index contributed by atoms with van der Waals surface area (Å²) in [5.41, 5.74) is 1.19. The maximum atomic E-state index is 13.4. The number of nitrogens with one attached hydrogen (secondary N) is 3. The number of H-pyrrole nitrogens is 2. The van der Waals surface area contributed by atoms with E-state index in [0.717, 1.165) is 22.7 Å². The van der Waals surface area contributed by atoms with Gasteiger partial charge in [-0.05, 0) is 31.0 Å². The van der Waals surface area contributed by atoms with Gasteiger partial charge in [0.05, 0.1) is 26.4 Å². The van der Waals surface area contributed by atoms with Gasteiger partial charge in [-0.25, -0.2) is 4.79 Å². The monoisotopic (exact) mass is 577 g/mol. The first kappa shape index (κ1) is 28.4. The van der Waals surface area contributed by atoms with Gasteiger partial charge in [0.1, 0.15) is 11.3 Å². The fourth-order valence-electron chi connectivity index (χ4n) is 5.18. The average molecular weight is 578 g/mol. The Hall–Kier alpha value is -5.13. The van der Waals surface area contributed by atoms with Crippen LogP contribution in [0.5, 0.6) is 28.7 Å². The number of aromatic nitrogens is 2. The molecule has 2 aromatic carbocycles. The molecule has 0 spiro atoms. The molecule has 5 rings (SSSR count). The molecule has 0 saturated carbocycles. The summed E-state index contributed by atoms with van der Waals surface area (Å²) < 4.78 is 27.4. The fourth-order valence-corrected chi connectivity index (χ4v) is 5.18. The number of ether oxygens (including phenoxy) is 5. The van der Waals surface area contributed by atoms with Crippen LogP contribution in [0.2, 0.25) is 0 Å². The van der Waals surface area contributed by atoms with Crippen molar-refractivity contribution in [1.82, 2.24) is 15.3 Å². The van der Waals surface area contributed by atoms with Crippen molar-refractivity contribution in [3.8, 4) is 28.7 Å². The van der Waals surface area contributed by atoms with Crippen LogP contribution in [0, 0.1) is 0 Å². The van der Waals surface area contributed by atoms with Crippen LogP contribution >= 0.6 is 0 Å². The maximum absolute atomic E-state index is 13.4. The summed E-state index contributed by atoms with van der Waals surface area (Å²) in [5, 5.41) is 15.2. The summed E-state index contributed by atoms with van der Waals surface area (Å²) >= 11 is 0. The molecule has 2 aromatic heterocycles. The van der Waals surface area contributed by atoms with Gasteiger partial charge in [-0.3, -0.25) is 9.59 Å². The number of benzene rings is 2. The fraction of sp³-hybridized carbons (Fsp3) is 0.300. The Morgan fingerprint density at radius 2 is 1.88 bits per heavy atom. The topological polar surface area (TPSA) is 161 Å². The molecule has 12 heteroatoms. The van der Waals surface area contributed by atoms with Gasteiger partial charge in [0.2, 0.25) is 24.2 Å². The Kier molecular flexibility index (Phi) is 8.23. The number of methoxy groups -OCH3 is 2. The number of aromatic hydroxyl groups is 1. The zero-order chi connectivity index (χ0) is 29.8. The van der Waals surface area contributed by atoms with E-state index in [1.165, 1.54) is 14.2 Å². The van der Waals surface area contributed by atoms with Crippen LogP contribution in [0.3, 0.4) is 0 Å². The number of amides is 1. The summed E-state index contributed by atoms with van der Waals surface area (Å²) in [4.78, 5) is 44.9. The lowest BCUT2D eigenvalue weighted by Crippen LogP contribution is -2.29. The average Bonchev–Trinajstić information content (AvgIpc) is 3.64. The number of pyridine rings is 1. The van der Waals surface area contributed by atoms with Crippen molar-refractivity contribution in [3.05, 3.63) is 75.3 Å². The molecule has 0 aliphatic carbocycles. The first-order valence-corrected chi connectivity index (χ1v) is 13.4. The molecule has 1 aliphatic heterocycles. The molecule has 3 heterocycles. The minimum atomic E-state index is -1.09. The highest BCUT2D eigenvalue weighted by Gasteiger charge is 2.35. The molecule has 1 aliphatic rings. The van der Waals surface area contributed by atoms with Crippen LogP contribution in [0.15, 0.2) is 47.5 Å². The van der Waals surface area contributed by atoms with Gasteiger partial charge < -0.3 is 44.1 Å². The van der Waals surface area contributed by atoms with Gasteiger partial charge in [0.15, 0.2) is 11.5 Å². The molecule has 4 N–H and O–H groups in total. The summed E-state index contributed by atoms with van der Waals surface area (Å²) in [6.45, 7) is 1.91. The van der Waals surface area contributed by atoms with Crippen LogP contribution in [0.4, 0.5) is 0 Å². The maximum Gasteiger partial charge on any atom is 0.343 e. The Morgan fingerprint density at radius 3 is 2.64 bits per heavy atom. The molecule has 12 nitrogen and oxygen atoms in total. The molecular weight excluding hydrogens is 546 g/mol. The highest BCUT2D eigenvalue weighted by molar-refractivity contribution is 5.93. The third kappa shape index (κ3) is 5.30. The van der Waals surface area contributed by atoms with E-state index in [0.29, 0.717) is 24.3 Å². The normalized spacial score (nSPS) is 12.6. The Balaban J connectivity index is 1.52. The summed E-state index contributed by atoms with van der Waals surface area (Å²) in [6, 6.07) is 9.43. The standard InChI is InChI=1S/C30H31N3O9/c1-4-40-30(37)20-14-33-29(36)24(25(20)35)18(19-11-22(38-2)27-28(26(19)39-3)42-15-41-27)12-23(34)31-10-9-16-13-32-21-8-6-5-7-17(16)21/h5-8,11,13-14,18,32H,4,9-10,12,15H2,1-3H3,(H,31,34)(H2,33,35,36). The zero-order valence-electron chi connectivity index (χ0n) is 23.4. The highest BCUT2D eigenvalue weighted by atomic mass is 16.7. The minimum Gasteiger partial charge on any atom is -0.506 e. The van der Waals surface area contributed by atoms with E-state index in [-0.39, 0.29) is 48.2 Å². The lowest BCUT2D eigenvalue weighted by atomic mass is 9.86. The van der Waals surface area contributed by atoms with Crippen LogP contribution in [0.1, 0.15) is 46.3 Å². The molecule has 0 saturated heterocycles. The van der Waals surface area contributed by atoms with Gasteiger partial charge in [-0.2, -0.15) is 0 Å². The van der Waals surface area contributed by atoms with E-state index in [1.807, 2.05) is 30.5 Å². The second kappa shape index (κ2) is 12.2. The Bertz CT molecular complexity index is 1690. The number of carbonyl (C=O) groups is 2. The van der Waals surface area contributed by atoms with Gasteiger partial charge >= 0.3 is 5.97 Å². The smallest absolute Gasteiger partial charge is 0.343 e. The third-order valence-electron chi connectivity index (χ3n) is 7.12. The van der Waals surface area contributed by atoms with Gasteiger partial charge in [0.25, 0.3) is 5.56 Å². The van der Waals surface area contributed by atoms with Crippen LogP contribution in [-0.4, -0.2) is 61.1 Å². The van der Waals surface area contributed by atoms with Gasteiger partial charge in [-0.15, -0.1) is 0 Å². The highest BCUT2D eigenvalue weighted by Crippen LogP contribution is 2.53. The third-order valence-corrected chi connectivity index (χ3v) is 7.12. The molecular formula is C30H31N3O9. The van der Waals surface area contributed by atoms with Crippen molar-refractivity contribution in [2.75, 3.05) is 34.2 Å². The van der Waals surface area contributed by atoms with Crippen molar-refractivity contribution in [1.29, 1.82) is 0 Å². The zero-order valence-corrected chi connectivity index (χ0v) is 23.4. The van der Waals surface area contributed by atoms with Gasteiger partial charge in [-0.1, -0.05) is 18.2 Å². The predicted molar refractivity (Wildman–Crippen MR) is 152 cm³/mol. The number of hydrogen-bond donors (Lipinski definition) is 4. The number of rotatable bonds is 11. The van der Waals surface area contributed by atoms with Gasteiger partial charge in [0, 0.05) is 47.7 Å². The van der Waals surface area contributed by atoms with Crippen LogP contribution < -0.4 is 29.8 Å². The van der Waals surface area contributed by atoms with E-state index >= 15 is 0 Å². The number of hydrogen-bond acceptors (Lipinski definition) is 9. The van der Waals surface area contributed by atoms with E-state index in [9.17, 15) is 19.5 Å². The number of aromatic amines is 2. The molecule has 1 atom stereocenters. The summed E-state index contributed by atoms with van der Waals surface area (Å²) in [7, 11) is 2.84. The largest absolute Gasteiger partial charge is 0.506 e. The molecule has 220 valence electrons. The SMILES string of the molecule is CCOC(=O)c1c[nH]c(=O)c(C(CC(=O)NCCc2c[nH]c3ccccc23)c2cc(OC)c3c(c2OC)OCO3)c1O. The molecule has 0 radical (unpaired) electrons. The lowest BCUT2D eigenvalue weighted by Gasteiger charge is -2.23. The number of fused-ring (bicyclic) bond motifs is 2. The lowest BCUT2D eigenvalue weighted by molar-refractivity contribution is -0.121. The predicted octanol–water partition coefficient (Wildman–Crippen LogP) is 3.37. The first-order chi connectivity index (χ1) is 20.4. The summed E-state index contributed by atoms with van der Waals surface area (Å²) in [6.07, 6.45) is 3.26. The number of para-hydroxylation sites is 1. The van der Waals surface area contributed by atoms with Crippen molar-refractivity contribution in [2.24, 2.45) is 0 Å². The molecule has 42 heavy (non-hydrogen) atoms. The first-order valence-electron chi connectivity index (χ1n) is 13.4. The molecule has 1 unspecified atom stereocenters. The van der Waals surface area contributed by atoms with E-state index in [4.69, 9.17) is 23.7 Å². The van der Waals surface area contributed by atoms with Crippen LogP contribution in [-0.2, 0) is 16.0 Å². The number of esters is 1. The van der Waals surface area contributed by atoms with Crippen molar-refractivity contribution >= 4 is 22.8 Å². The Labute approximate surface area is 240 Å². The second-order valence-corrected chi connectivity index (χ2v) is 9.50. The minimum absolute atomic E-state index is 0.0577. The van der Waals surface area contributed by atoms with E-state index in [1.54, 1.807) is 13.0 Å². The molecule has 4 aromatic rings. The quantitative estimate of drug-likeness (QED) is 0.196. The molecule has 1 amide bonds.